The minimum absolute atomic E-state index is 0.235. The van der Waals surface area contributed by atoms with Crippen LogP contribution in [0.5, 0.6) is 0 Å². The van der Waals surface area contributed by atoms with Gasteiger partial charge in [-0.15, -0.1) is 0 Å². The van der Waals surface area contributed by atoms with E-state index in [0.717, 1.165) is 6.42 Å². The highest BCUT2D eigenvalue weighted by Crippen LogP contribution is 2.43. The van der Waals surface area contributed by atoms with Crippen LogP contribution in [0.2, 0.25) is 0 Å². The lowest BCUT2D eigenvalue weighted by molar-refractivity contribution is 0.0514. The number of rotatable bonds is 4. The molecule has 0 spiro atoms. The molecule has 0 radical (unpaired) electrons. The number of aliphatic hydroxyl groups excluding tert-OH is 1. The summed E-state index contributed by atoms with van der Waals surface area (Å²) in [7, 11) is 0. The van der Waals surface area contributed by atoms with E-state index in [9.17, 15) is 5.11 Å². The maximum Gasteiger partial charge on any atom is 0.0668 e. The summed E-state index contributed by atoms with van der Waals surface area (Å²) in [6.07, 6.45) is 4.04. The fourth-order valence-corrected chi connectivity index (χ4v) is 1.75. The van der Waals surface area contributed by atoms with E-state index in [-0.39, 0.29) is 11.5 Å². The fourth-order valence-electron chi connectivity index (χ4n) is 1.75. The van der Waals surface area contributed by atoms with Crippen LogP contribution in [-0.2, 0) is 0 Å². The monoisotopic (exact) mass is 158 g/mol. The van der Waals surface area contributed by atoms with E-state index in [1.54, 1.807) is 0 Å². The molecule has 0 bridgehead atoms. The fraction of sp³-hybridized carbons (Fsp3) is 1.00. The zero-order valence-electron chi connectivity index (χ0n) is 6.92. The molecule has 66 valence electrons. The van der Waals surface area contributed by atoms with Crippen molar-refractivity contribution in [3.05, 3.63) is 0 Å². The smallest absolute Gasteiger partial charge is 0.0668 e. The molecule has 1 saturated carbocycles. The van der Waals surface area contributed by atoms with Crippen molar-refractivity contribution in [2.45, 2.75) is 31.8 Å². The third-order valence-electron chi connectivity index (χ3n) is 2.79. The van der Waals surface area contributed by atoms with Gasteiger partial charge in [0.15, 0.2) is 0 Å². The lowest BCUT2D eigenvalue weighted by Crippen LogP contribution is -2.41. The molecular formula is C8H18N2O. The van der Waals surface area contributed by atoms with E-state index in [0.29, 0.717) is 13.1 Å². The van der Waals surface area contributed by atoms with Crippen LogP contribution in [0.3, 0.4) is 0 Å². The Morgan fingerprint density at radius 3 is 2.27 bits per heavy atom. The molecule has 1 aliphatic rings. The minimum Gasteiger partial charge on any atom is -0.392 e. The lowest BCUT2D eigenvalue weighted by Gasteiger charge is -2.42. The topological polar surface area (TPSA) is 72.3 Å². The Kier molecular flexibility index (Phi) is 2.87. The third kappa shape index (κ3) is 1.92. The van der Waals surface area contributed by atoms with Crippen LogP contribution in [-0.4, -0.2) is 24.3 Å². The Labute approximate surface area is 67.8 Å². The summed E-state index contributed by atoms with van der Waals surface area (Å²) in [5, 5.41) is 9.31. The van der Waals surface area contributed by atoms with Gasteiger partial charge in [0.1, 0.15) is 0 Å². The molecule has 0 aliphatic heterocycles. The largest absolute Gasteiger partial charge is 0.392 e. The Hall–Kier alpha value is -0.120. The summed E-state index contributed by atoms with van der Waals surface area (Å²) in [6.45, 7) is 1.06. The molecule has 3 heteroatoms. The molecular weight excluding hydrogens is 140 g/mol. The van der Waals surface area contributed by atoms with Crippen molar-refractivity contribution in [3.8, 4) is 0 Å². The van der Waals surface area contributed by atoms with E-state index in [1.165, 1.54) is 19.3 Å². The first-order valence-electron chi connectivity index (χ1n) is 4.31. The van der Waals surface area contributed by atoms with Crippen molar-refractivity contribution >= 4 is 0 Å². The molecule has 3 nitrogen and oxygen atoms in total. The molecule has 0 heterocycles. The van der Waals surface area contributed by atoms with Gasteiger partial charge < -0.3 is 16.6 Å². The van der Waals surface area contributed by atoms with Crippen molar-refractivity contribution in [1.29, 1.82) is 0 Å². The minimum atomic E-state index is -0.348. The quantitative estimate of drug-likeness (QED) is 0.531. The van der Waals surface area contributed by atoms with Crippen LogP contribution in [0, 0.1) is 5.41 Å². The van der Waals surface area contributed by atoms with Crippen molar-refractivity contribution in [1.82, 2.24) is 0 Å². The van der Waals surface area contributed by atoms with E-state index < -0.39 is 0 Å². The zero-order chi connectivity index (χ0) is 8.32. The number of hydrogen-bond acceptors (Lipinski definition) is 3. The van der Waals surface area contributed by atoms with Crippen molar-refractivity contribution in [3.63, 3.8) is 0 Å². The first kappa shape index (κ1) is 8.97. The van der Waals surface area contributed by atoms with E-state index in [4.69, 9.17) is 11.5 Å². The SMILES string of the molecule is NC[C@@H](O)CC1(CN)CCC1. The summed E-state index contributed by atoms with van der Waals surface area (Å²) < 4.78 is 0. The average molecular weight is 158 g/mol. The molecule has 0 amide bonds. The zero-order valence-corrected chi connectivity index (χ0v) is 6.92. The van der Waals surface area contributed by atoms with Crippen LogP contribution in [0.25, 0.3) is 0 Å². The highest BCUT2D eigenvalue weighted by molar-refractivity contribution is 4.90. The van der Waals surface area contributed by atoms with Crippen molar-refractivity contribution in [2.75, 3.05) is 13.1 Å². The molecule has 11 heavy (non-hydrogen) atoms. The second kappa shape index (κ2) is 3.52. The van der Waals surface area contributed by atoms with Crippen molar-refractivity contribution < 1.29 is 5.11 Å². The van der Waals surface area contributed by atoms with Gasteiger partial charge in [-0.3, -0.25) is 0 Å². The van der Waals surface area contributed by atoms with Crippen LogP contribution in [0.1, 0.15) is 25.7 Å². The first-order valence-corrected chi connectivity index (χ1v) is 4.31. The maximum atomic E-state index is 9.31. The average Bonchev–Trinajstić information content (AvgIpc) is 1.96. The molecule has 0 aromatic carbocycles. The van der Waals surface area contributed by atoms with Gasteiger partial charge in [0, 0.05) is 6.54 Å². The van der Waals surface area contributed by atoms with Gasteiger partial charge in [-0.1, -0.05) is 6.42 Å². The Morgan fingerprint density at radius 2 is 2.00 bits per heavy atom. The van der Waals surface area contributed by atoms with E-state index in [1.807, 2.05) is 0 Å². The van der Waals surface area contributed by atoms with Gasteiger partial charge in [0.25, 0.3) is 0 Å². The summed E-state index contributed by atoms with van der Waals surface area (Å²) in [6, 6.07) is 0. The summed E-state index contributed by atoms with van der Waals surface area (Å²) in [5.74, 6) is 0. The standard InChI is InChI=1S/C8H18N2O/c9-5-7(11)4-8(6-10)2-1-3-8/h7,11H,1-6,9-10H2/t7-/m0/s1. The predicted molar refractivity (Wildman–Crippen MR) is 45.0 cm³/mol. The summed E-state index contributed by atoms with van der Waals surface area (Å²) >= 11 is 0. The summed E-state index contributed by atoms with van der Waals surface area (Å²) in [4.78, 5) is 0. The Morgan fingerprint density at radius 1 is 1.36 bits per heavy atom. The highest BCUT2D eigenvalue weighted by atomic mass is 16.3. The van der Waals surface area contributed by atoms with Crippen LogP contribution in [0.15, 0.2) is 0 Å². The Balaban J connectivity index is 2.32. The van der Waals surface area contributed by atoms with Gasteiger partial charge in [0.05, 0.1) is 6.10 Å². The lowest BCUT2D eigenvalue weighted by atomic mass is 9.66. The van der Waals surface area contributed by atoms with Crippen LogP contribution in [0.4, 0.5) is 0 Å². The van der Waals surface area contributed by atoms with Gasteiger partial charge >= 0.3 is 0 Å². The van der Waals surface area contributed by atoms with Gasteiger partial charge in [-0.2, -0.15) is 0 Å². The molecule has 1 fully saturated rings. The third-order valence-corrected chi connectivity index (χ3v) is 2.79. The maximum absolute atomic E-state index is 9.31. The van der Waals surface area contributed by atoms with E-state index in [2.05, 4.69) is 0 Å². The van der Waals surface area contributed by atoms with Gasteiger partial charge in [0.2, 0.25) is 0 Å². The molecule has 5 N–H and O–H groups in total. The summed E-state index contributed by atoms with van der Waals surface area (Å²) in [5.41, 5.74) is 11.2. The van der Waals surface area contributed by atoms with Gasteiger partial charge in [-0.25, -0.2) is 0 Å². The molecule has 0 aromatic heterocycles. The highest BCUT2D eigenvalue weighted by Gasteiger charge is 2.36. The van der Waals surface area contributed by atoms with Crippen LogP contribution < -0.4 is 11.5 Å². The molecule has 0 aromatic rings. The van der Waals surface area contributed by atoms with Crippen molar-refractivity contribution in [2.24, 2.45) is 16.9 Å². The first-order chi connectivity index (χ1) is 5.22. The molecule has 0 saturated heterocycles. The molecule has 1 aliphatic carbocycles. The predicted octanol–water partition coefficient (Wildman–Crippen LogP) is -0.175. The second-order valence-corrected chi connectivity index (χ2v) is 3.65. The number of hydrogen-bond donors (Lipinski definition) is 3. The van der Waals surface area contributed by atoms with Gasteiger partial charge in [-0.05, 0) is 31.2 Å². The number of nitrogens with two attached hydrogens (primary N) is 2. The molecule has 1 rings (SSSR count). The van der Waals surface area contributed by atoms with E-state index >= 15 is 0 Å². The van der Waals surface area contributed by atoms with Crippen LogP contribution >= 0.6 is 0 Å². The Bertz CT molecular complexity index is 118. The number of aliphatic hydroxyl groups is 1. The molecule has 0 unspecified atom stereocenters. The molecule has 1 atom stereocenters. The normalized spacial score (nSPS) is 24.3. The second-order valence-electron chi connectivity index (χ2n) is 3.65.